The topological polar surface area (TPSA) is 44.6 Å². The largest absolute Gasteiger partial charge is 0.416 e. The third-order valence-corrected chi connectivity index (χ3v) is 7.48. The summed E-state index contributed by atoms with van der Waals surface area (Å²) in [5.74, 6) is -0.0355. The number of alkyl halides is 3. The van der Waals surface area contributed by atoms with Crippen molar-refractivity contribution in [1.29, 1.82) is 0 Å². The zero-order chi connectivity index (χ0) is 26.5. The molecule has 1 atom stereocenters. The molecule has 5 rings (SSSR count). The quantitative estimate of drug-likeness (QED) is 0.363. The van der Waals surface area contributed by atoms with Crippen molar-refractivity contribution in [1.82, 2.24) is 14.7 Å². The highest BCUT2D eigenvalue weighted by Gasteiger charge is 2.43. The van der Waals surface area contributed by atoms with Crippen LogP contribution in [0, 0.1) is 5.82 Å². The van der Waals surface area contributed by atoms with Crippen LogP contribution in [0.3, 0.4) is 0 Å². The van der Waals surface area contributed by atoms with E-state index in [0.717, 1.165) is 11.6 Å². The fourth-order valence-corrected chi connectivity index (χ4v) is 5.71. The first-order valence-corrected chi connectivity index (χ1v) is 12.4. The molecule has 0 spiro atoms. The molecule has 1 aromatic heterocycles. The monoisotopic (exact) mass is 535 g/mol. The number of hydrogen-bond donors (Lipinski definition) is 0. The molecular formula is C26H26ClF4N5O. The van der Waals surface area contributed by atoms with E-state index in [2.05, 4.69) is 5.10 Å². The van der Waals surface area contributed by atoms with E-state index < -0.39 is 23.6 Å². The minimum absolute atomic E-state index is 0.00142. The van der Waals surface area contributed by atoms with Crippen LogP contribution >= 0.6 is 11.6 Å². The van der Waals surface area contributed by atoms with Crippen LogP contribution in [-0.2, 0) is 19.8 Å². The van der Waals surface area contributed by atoms with E-state index in [1.54, 1.807) is 35.0 Å². The molecule has 1 saturated heterocycles. The van der Waals surface area contributed by atoms with Gasteiger partial charge in [-0.1, -0.05) is 35.9 Å². The molecule has 2 aromatic carbocycles. The Morgan fingerprint density at radius 3 is 2.46 bits per heavy atom. The van der Waals surface area contributed by atoms with E-state index >= 15 is 0 Å². The zero-order valence-electron chi connectivity index (χ0n) is 20.3. The second kappa shape index (κ2) is 9.55. The van der Waals surface area contributed by atoms with Crippen molar-refractivity contribution >= 4 is 29.1 Å². The molecule has 196 valence electrons. The van der Waals surface area contributed by atoms with Crippen LogP contribution in [0.5, 0.6) is 0 Å². The summed E-state index contributed by atoms with van der Waals surface area (Å²) >= 11 is 6.25. The molecule has 0 bridgehead atoms. The van der Waals surface area contributed by atoms with Crippen molar-refractivity contribution in [2.45, 2.75) is 44.6 Å². The van der Waals surface area contributed by atoms with Crippen LogP contribution in [0.2, 0.25) is 5.02 Å². The molecule has 3 heterocycles. The van der Waals surface area contributed by atoms with Gasteiger partial charge < -0.3 is 9.80 Å². The normalized spacial score (nSPS) is 18.9. The van der Waals surface area contributed by atoms with E-state index in [9.17, 15) is 22.4 Å². The molecule has 2 aliphatic rings. The minimum Gasteiger partial charge on any atom is -0.368 e. The molecular weight excluding hydrogens is 510 g/mol. The minimum atomic E-state index is -4.55. The lowest BCUT2D eigenvalue weighted by Gasteiger charge is -2.46. The summed E-state index contributed by atoms with van der Waals surface area (Å²) < 4.78 is 57.1. The molecule has 3 aromatic rings. The molecule has 1 fully saturated rings. The number of nitrogens with zero attached hydrogens (tertiary/aromatic N) is 5. The van der Waals surface area contributed by atoms with E-state index in [4.69, 9.17) is 11.6 Å². The number of urea groups is 1. The van der Waals surface area contributed by atoms with Crippen LogP contribution in [0.15, 0.2) is 48.7 Å². The number of carbonyl (C=O) groups is 1. The van der Waals surface area contributed by atoms with E-state index in [-0.39, 0.29) is 24.2 Å². The van der Waals surface area contributed by atoms with Gasteiger partial charge in [-0.2, -0.15) is 18.3 Å². The molecule has 0 N–H and O–H groups in total. The van der Waals surface area contributed by atoms with Crippen molar-refractivity contribution in [2.75, 3.05) is 22.9 Å². The Kier molecular flexibility index (Phi) is 6.55. The summed E-state index contributed by atoms with van der Waals surface area (Å²) in [5.41, 5.74) is 0.339. The zero-order valence-corrected chi connectivity index (χ0v) is 21.1. The van der Waals surface area contributed by atoms with Gasteiger partial charge >= 0.3 is 12.2 Å². The second-order valence-electron chi connectivity index (χ2n) is 9.48. The molecule has 2 aliphatic heterocycles. The molecule has 37 heavy (non-hydrogen) atoms. The molecule has 6 nitrogen and oxygen atoms in total. The Morgan fingerprint density at radius 2 is 1.78 bits per heavy atom. The van der Waals surface area contributed by atoms with E-state index in [1.807, 2.05) is 11.8 Å². The number of hydrogen-bond acceptors (Lipinski definition) is 3. The SMILES string of the molecule is C[C@@H]1c2cn(C)nc2N(Cc2ccccc2C(F)(F)F)C(=O)N1C1CCN(c2c(F)cccc2Cl)CC1. The van der Waals surface area contributed by atoms with E-state index in [1.165, 1.54) is 29.2 Å². The van der Waals surface area contributed by atoms with Crippen molar-refractivity contribution in [3.05, 3.63) is 76.2 Å². The number of aryl methyl sites for hydroxylation is 1. The highest BCUT2D eigenvalue weighted by atomic mass is 35.5. The number of amides is 2. The first-order chi connectivity index (χ1) is 17.6. The first kappa shape index (κ1) is 25.4. The number of aromatic nitrogens is 2. The van der Waals surface area contributed by atoms with Crippen molar-refractivity contribution in [2.24, 2.45) is 7.05 Å². The van der Waals surface area contributed by atoms with Crippen LogP contribution in [0.1, 0.15) is 42.5 Å². The third-order valence-electron chi connectivity index (χ3n) is 7.17. The summed E-state index contributed by atoms with van der Waals surface area (Å²) in [6, 6.07) is 8.94. The number of anilines is 2. The van der Waals surface area contributed by atoms with Gasteiger partial charge in [-0.15, -0.1) is 0 Å². The Bertz CT molecular complexity index is 1300. The molecule has 11 heteroatoms. The van der Waals surface area contributed by atoms with Crippen LogP contribution in [0.25, 0.3) is 0 Å². The Balaban J connectivity index is 1.43. The van der Waals surface area contributed by atoms with Gasteiger partial charge in [0.2, 0.25) is 0 Å². The maximum atomic E-state index is 14.5. The highest BCUT2D eigenvalue weighted by Crippen LogP contribution is 2.41. The second-order valence-corrected chi connectivity index (χ2v) is 9.88. The number of piperidine rings is 1. The standard InChI is InChI=1S/C26H26ClF4N5O/c1-16-19-15-33(2)32-24(19)35(14-17-6-3-4-7-20(17)26(29,30)31)25(37)36(16)18-10-12-34(13-11-18)23-21(27)8-5-9-22(23)28/h3-9,15-16,18H,10-14H2,1-2H3/t16-/m1/s1. The number of halogens is 5. The molecule has 0 unspecified atom stereocenters. The number of benzene rings is 2. The highest BCUT2D eigenvalue weighted by molar-refractivity contribution is 6.33. The van der Waals surface area contributed by atoms with Gasteiger partial charge in [0, 0.05) is 37.9 Å². The van der Waals surface area contributed by atoms with Crippen molar-refractivity contribution in [3.8, 4) is 0 Å². The summed E-state index contributed by atoms with van der Waals surface area (Å²) in [5, 5.41) is 4.75. The van der Waals surface area contributed by atoms with Gasteiger partial charge in [0.25, 0.3) is 0 Å². The lowest BCUT2D eigenvalue weighted by molar-refractivity contribution is -0.138. The number of para-hydroxylation sites is 1. The van der Waals surface area contributed by atoms with Crippen molar-refractivity contribution < 1.29 is 22.4 Å². The summed E-state index contributed by atoms with van der Waals surface area (Å²) in [6.07, 6.45) is -1.63. The van der Waals surface area contributed by atoms with Crippen LogP contribution < -0.4 is 9.80 Å². The average molecular weight is 536 g/mol. The Morgan fingerprint density at radius 1 is 1.08 bits per heavy atom. The first-order valence-electron chi connectivity index (χ1n) is 12.0. The number of fused-ring (bicyclic) bond motifs is 1. The van der Waals surface area contributed by atoms with Gasteiger partial charge in [0.05, 0.1) is 28.9 Å². The predicted octanol–water partition coefficient (Wildman–Crippen LogP) is 6.40. The predicted molar refractivity (Wildman–Crippen MR) is 133 cm³/mol. The van der Waals surface area contributed by atoms with Crippen LogP contribution in [-0.4, -0.2) is 39.8 Å². The maximum absolute atomic E-state index is 14.5. The van der Waals surface area contributed by atoms with Gasteiger partial charge in [0.15, 0.2) is 5.82 Å². The average Bonchev–Trinajstić information content (AvgIpc) is 3.24. The van der Waals surface area contributed by atoms with Gasteiger partial charge in [-0.05, 0) is 43.5 Å². The fraction of sp³-hybridized carbons (Fsp3) is 0.385. The Hall–Kier alpha value is -3.27. The Labute approximate surface area is 217 Å². The molecule has 0 saturated carbocycles. The fourth-order valence-electron chi connectivity index (χ4n) is 5.42. The van der Waals surface area contributed by atoms with Gasteiger partial charge in [0.1, 0.15) is 5.82 Å². The smallest absolute Gasteiger partial charge is 0.368 e. The number of rotatable bonds is 4. The lowest BCUT2D eigenvalue weighted by atomic mass is 9.97. The molecule has 0 aliphatic carbocycles. The summed E-state index contributed by atoms with van der Waals surface area (Å²) in [4.78, 5) is 18.8. The van der Waals surface area contributed by atoms with E-state index in [0.29, 0.717) is 42.5 Å². The summed E-state index contributed by atoms with van der Waals surface area (Å²) in [6.45, 7) is 2.61. The lowest BCUT2D eigenvalue weighted by Crippen LogP contribution is -2.55. The third kappa shape index (κ3) is 4.63. The van der Waals surface area contributed by atoms with Gasteiger partial charge in [-0.25, -0.2) is 9.18 Å². The molecule has 0 radical (unpaired) electrons. The number of carbonyl (C=O) groups excluding carboxylic acids is 1. The summed E-state index contributed by atoms with van der Waals surface area (Å²) in [7, 11) is 1.72. The molecule has 2 amide bonds. The van der Waals surface area contributed by atoms with Gasteiger partial charge in [-0.3, -0.25) is 9.58 Å². The van der Waals surface area contributed by atoms with Crippen LogP contribution in [0.4, 0.5) is 33.9 Å². The maximum Gasteiger partial charge on any atom is 0.416 e. The van der Waals surface area contributed by atoms with Crippen molar-refractivity contribution in [3.63, 3.8) is 0 Å².